The van der Waals surface area contributed by atoms with Gasteiger partial charge in [-0.15, -0.1) is 0 Å². The van der Waals surface area contributed by atoms with E-state index in [0.29, 0.717) is 10.2 Å². The number of benzene rings is 1. The van der Waals surface area contributed by atoms with E-state index in [1.807, 2.05) is 30.3 Å². The molecule has 0 bridgehead atoms. The molecular weight excluding hydrogens is 316 g/mol. The standard InChI is InChI=1S/C17H15BrO2/c1-2-3-4-6-11-14-12-15(18)17(19)20-16(14)13-9-7-5-8-10-13/h5,7-10,12H,2-4H2,1H3. The molecule has 2 aromatic rings. The SMILES string of the molecule is CCCCC#Cc1cc(Br)c(=O)oc1-c1ccccc1. The Morgan fingerprint density at radius 2 is 2.00 bits per heavy atom. The molecule has 2 rings (SSSR count). The van der Waals surface area contributed by atoms with Crippen LogP contribution in [0.25, 0.3) is 11.3 Å². The number of unbranched alkanes of at least 4 members (excludes halogenated alkanes) is 2. The molecule has 0 N–H and O–H groups in total. The normalized spacial score (nSPS) is 9.90. The average molecular weight is 331 g/mol. The first-order chi connectivity index (χ1) is 9.72. The summed E-state index contributed by atoms with van der Waals surface area (Å²) in [5.74, 6) is 6.76. The van der Waals surface area contributed by atoms with Crippen LogP contribution in [0.3, 0.4) is 0 Å². The zero-order valence-corrected chi connectivity index (χ0v) is 12.9. The molecule has 0 fully saturated rings. The summed E-state index contributed by atoms with van der Waals surface area (Å²) in [4.78, 5) is 11.7. The summed E-state index contributed by atoms with van der Waals surface area (Å²) < 4.78 is 5.78. The molecule has 102 valence electrons. The summed E-state index contributed by atoms with van der Waals surface area (Å²) in [5, 5.41) is 0. The molecule has 0 unspecified atom stereocenters. The first kappa shape index (κ1) is 14.6. The van der Waals surface area contributed by atoms with Crippen molar-refractivity contribution in [1.82, 2.24) is 0 Å². The molecule has 1 aromatic heterocycles. The molecule has 3 heteroatoms. The Morgan fingerprint density at radius 3 is 2.70 bits per heavy atom. The number of hydrogen-bond acceptors (Lipinski definition) is 2. The Morgan fingerprint density at radius 1 is 1.25 bits per heavy atom. The van der Waals surface area contributed by atoms with Crippen molar-refractivity contribution in [2.75, 3.05) is 0 Å². The molecule has 2 nitrogen and oxygen atoms in total. The van der Waals surface area contributed by atoms with Gasteiger partial charge < -0.3 is 4.42 Å². The molecule has 0 aliphatic rings. The van der Waals surface area contributed by atoms with Gasteiger partial charge in [0, 0.05) is 12.0 Å². The third-order valence-electron chi connectivity index (χ3n) is 2.82. The van der Waals surface area contributed by atoms with Gasteiger partial charge in [-0.2, -0.15) is 0 Å². The van der Waals surface area contributed by atoms with Crippen molar-refractivity contribution in [3.8, 4) is 23.2 Å². The zero-order valence-electron chi connectivity index (χ0n) is 11.3. The molecular formula is C17H15BrO2. The van der Waals surface area contributed by atoms with Gasteiger partial charge in [0.15, 0.2) is 5.76 Å². The van der Waals surface area contributed by atoms with E-state index in [0.717, 1.165) is 30.4 Å². The summed E-state index contributed by atoms with van der Waals surface area (Å²) in [6.45, 7) is 2.13. The van der Waals surface area contributed by atoms with E-state index in [-0.39, 0.29) is 5.63 Å². The fourth-order valence-corrected chi connectivity index (χ4v) is 2.08. The van der Waals surface area contributed by atoms with Crippen molar-refractivity contribution in [2.45, 2.75) is 26.2 Å². The lowest BCUT2D eigenvalue weighted by molar-refractivity contribution is 0.520. The van der Waals surface area contributed by atoms with Gasteiger partial charge in [-0.25, -0.2) is 4.79 Å². The molecule has 0 amide bonds. The first-order valence-corrected chi connectivity index (χ1v) is 7.39. The van der Waals surface area contributed by atoms with Crippen LogP contribution in [0.15, 0.2) is 50.1 Å². The second-order valence-electron chi connectivity index (χ2n) is 4.40. The van der Waals surface area contributed by atoms with Crippen LogP contribution in [0.1, 0.15) is 31.7 Å². The first-order valence-electron chi connectivity index (χ1n) is 6.60. The van der Waals surface area contributed by atoms with Gasteiger partial charge in [0.2, 0.25) is 0 Å². The molecule has 0 aliphatic heterocycles. The molecule has 0 saturated heterocycles. The Hall–Kier alpha value is -1.79. The van der Waals surface area contributed by atoms with E-state index >= 15 is 0 Å². The van der Waals surface area contributed by atoms with Crippen LogP contribution in [0.5, 0.6) is 0 Å². The minimum Gasteiger partial charge on any atom is -0.421 e. The van der Waals surface area contributed by atoms with Crippen molar-refractivity contribution < 1.29 is 4.42 Å². The third kappa shape index (κ3) is 3.61. The second-order valence-corrected chi connectivity index (χ2v) is 5.25. The summed E-state index contributed by atoms with van der Waals surface area (Å²) in [6, 6.07) is 11.3. The van der Waals surface area contributed by atoms with E-state index in [2.05, 4.69) is 34.7 Å². The van der Waals surface area contributed by atoms with Crippen LogP contribution in [0.4, 0.5) is 0 Å². The Kier molecular flexibility index (Phi) is 5.20. The third-order valence-corrected chi connectivity index (χ3v) is 3.37. The lowest BCUT2D eigenvalue weighted by Crippen LogP contribution is -2.02. The lowest BCUT2D eigenvalue weighted by atomic mass is 10.1. The van der Waals surface area contributed by atoms with Gasteiger partial charge in [0.05, 0.1) is 5.56 Å². The molecule has 0 saturated carbocycles. The van der Waals surface area contributed by atoms with Gasteiger partial charge in [0.25, 0.3) is 0 Å². The van der Waals surface area contributed by atoms with Gasteiger partial charge in [-0.3, -0.25) is 0 Å². The highest BCUT2D eigenvalue weighted by Gasteiger charge is 2.10. The Labute approximate surface area is 127 Å². The van der Waals surface area contributed by atoms with Gasteiger partial charge >= 0.3 is 5.63 Å². The van der Waals surface area contributed by atoms with E-state index < -0.39 is 0 Å². The van der Waals surface area contributed by atoms with Gasteiger partial charge in [0.1, 0.15) is 4.47 Å². The van der Waals surface area contributed by atoms with Crippen LogP contribution < -0.4 is 5.63 Å². The average Bonchev–Trinajstić information content (AvgIpc) is 2.48. The highest BCUT2D eigenvalue weighted by atomic mass is 79.9. The van der Waals surface area contributed by atoms with Crippen molar-refractivity contribution in [3.05, 3.63) is 56.9 Å². The summed E-state index contributed by atoms with van der Waals surface area (Å²) in [6.07, 6.45) is 3.04. The minimum absolute atomic E-state index is 0.386. The predicted octanol–water partition coefficient (Wildman–Crippen LogP) is 4.61. The van der Waals surface area contributed by atoms with E-state index in [9.17, 15) is 4.79 Å². The quantitative estimate of drug-likeness (QED) is 0.607. The molecule has 0 atom stereocenters. The topological polar surface area (TPSA) is 30.2 Å². The molecule has 0 aliphatic carbocycles. The summed E-state index contributed by atoms with van der Waals surface area (Å²) in [5.41, 5.74) is 1.21. The van der Waals surface area contributed by atoms with E-state index in [4.69, 9.17) is 4.42 Å². The van der Waals surface area contributed by atoms with Gasteiger partial charge in [-0.05, 0) is 28.4 Å². The smallest absolute Gasteiger partial charge is 0.350 e. The molecule has 0 spiro atoms. The maximum atomic E-state index is 11.7. The molecule has 1 aromatic carbocycles. The number of hydrogen-bond donors (Lipinski definition) is 0. The van der Waals surface area contributed by atoms with E-state index in [1.54, 1.807) is 6.07 Å². The maximum Gasteiger partial charge on any atom is 0.350 e. The molecule has 20 heavy (non-hydrogen) atoms. The number of rotatable bonds is 3. The van der Waals surface area contributed by atoms with Crippen molar-refractivity contribution in [2.24, 2.45) is 0 Å². The largest absolute Gasteiger partial charge is 0.421 e. The van der Waals surface area contributed by atoms with E-state index in [1.165, 1.54) is 0 Å². The van der Waals surface area contributed by atoms with Crippen molar-refractivity contribution in [1.29, 1.82) is 0 Å². The summed E-state index contributed by atoms with van der Waals surface area (Å²) in [7, 11) is 0. The van der Waals surface area contributed by atoms with Crippen LogP contribution in [-0.2, 0) is 0 Å². The Bertz CT molecular complexity index is 690. The zero-order chi connectivity index (χ0) is 14.4. The molecule has 1 heterocycles. The predicted molar refractivity (Wildman–Crippen MR) is 84.5 cm³/mol. The van der Waals surface area contributed by atoms with Crippen LogP contribution in [-0.4, -0.2) is 0 Å². The fraction of sp³-hybridized carbons (Fsp3) is 0.235. The lowest BCUT2D eigenvalue weighted by Gasteiger charge is -2.03. The Balaban J connectivity index is 2.46. The highest BCUT2D eigenvalue weighted by Crippen LogP contribution is 2.23. The van der Waals surface area contributed by atoms with Crippen molar-refractivity contribution in [3.63, 3.8) is 0 Å². The monoisotopic (exact) mass is 330 g/mol. The van der Waals surface area contributed by atoms with Gasteiger partial charge in [-0.1, -0.05) is 55.5 Å². The van der Waals surface area contributed by atoms with Crippen LogP contribution in [0.2, 0.25) is 0 Å². The van der Waals surface area contributed by atoms with Crippen molar-refractivity contribution >= 4 is 15.9 Å². The highest BCUT2D eigenvalue weighted by molar-refractivity contribution is 9.10. The number of halogens is 1. The molecule has 0 radical (unpaired) electrons. The minimum atomic E-state index is -0.386. The fourth-order valence-electron chi connectivity index (χ4n) is 1.77. The van der Waals surface area contributed by atoms with Crippen LogP contribution in [0, 0.1) is 11.8 Å². The van der Waals surface area contributed by atoms with Crippen LogP contribution >= 0.6 is 15.9 Å². The second kappa shape index (κ2) is 7.12. The maximum absolute atomic E-state index is 11.7. The summed E-state index contributed by atoms with van der Waals surface area (Å²) >= 11 is 3.20.